The van der Waals surface area contributed by atoms with Gasteiger partial charge < -0.3 is 9.73 Å². The average Bonchev–Trinajstić information content (AvgIpc) is 2.86. The van der Waals surface area contributed by atoms with E-state index >= 15 is 0 Å². The number of nitrogens with zero attached hydrogens (tertiary/aromatic N) is 1. The summed E-state index contributed by atoms with van der Waals surface area (Å²) in [6, 6.07) is 6.34. The zero-order valence-corrected chi connectivity index (χ0v) is 11.3. The van der Waals surface area contributed by atoms with Gasteiger partial charge in [0.05, 0.1) is 18.4 Å². The lowest BCUT2D eigenvalue weighted by atomic mass is 10.4. The Bertz CT molecular complexity index is 623. The Morgan fingerprint density at radius 1 is 1.32 bits per heavy atom. The summed E-state index contributed by atoms with van der Waals surface area (Å²) in [6.07, 6.45) is 3.00. The fourth-order valence-electron chi connectivity index (χ4n) is 1.47. The van der Waals surface area contributed by atoms with Crippen molar-refractivity contribution in [1.82, 2.24) is 10.3 Å². The predicted molar refractivity (Wildman–Crippen MR) is 71.1 cm³/mol. The summed E-state index contributed by atoms with van der Waals surface area (Å²) < 4.78 is 31.8. The first kappa shape index (κ1) is 13.6. The van der Waals surface area contributed by atoms with Gasteiger partial charge in [0.1, 0.15) is 5.76 Å². The Kier molecular flexibility index (Phi) is 4.18. The highest BCUT2D eigenvalue weighted by Crippen LogP contribution is 2.17. The lowest BCUT2D eigenvalue weighted by Gasteiger charge is -2.04. The number of rotatable bonds is 6. The van der Waals surface area contributed by atoms with Crippen LogP contribution in [0.15, 0.2) is 46.2 Å². The summed E-state index contributed by atoms with van der Waals surface area (Å²) in [5.41, 5.74) is 0.395. The summed E-state index contributed by atoms with van der Waals surface area (Å²) in [4.78, 5) is 3.84. The van der Waals surface area contributed by atoms with Crippen LogP contribution in [0.2, 0.25) is 0 Å². The monoisotopic (exact) mass is 281 g/mol. The second-order valence-electron chi connectivity index (χ2n) is 3.85. The Morgan fingerprint density at radius 3 is 2.84 bits per heavy atom. The molecule has 0 aliphatic heterocycles. The molecule has 102 valence electrons. The van der Waals surface area contributed by atoms with E-state index in [1.807, 2.05) is 6.92 Å². The minimum absolute atomic E-state index is 0.107. The minimum Gasteiger partial charge on any atom is -0.446 e. The van der Waals surface area contributed by atoms with Gasteiger partial charge in [-0.25, -0.2) is 0 Å². The molecule has 2 N–H and O–H groups in total. The van der Waals surface area contributed by atoms with Gasteiger partial charge in [0.15, 0.2) is 0 Å². The number of nitrogens with one attached hydrogen (secondary N) is 2. The number of pyridine rings is 1. The van der Waals surface area contributed by atoms with Gasteiger partial charge in [-0.2, -0.15) is 8.42 Å². The number of furan rings is 1. The number of aromatic nitrogens is 1. The van der Waals surface area contributed by atoms with Crippen molar-refractivity contribution in [2.45, 2.75) is 18.6 Å². The van der Waals surface area contributed by atoms with Crippen LogP contribution in [-0.4, -0.2) is 19.9 Å². The van der Waals surface area contributed by atoms with Gasteiger partial charge in [-0.15, -0.1) is 0 Å². The van der Waals surface area contributed by atoms with E-state index in [0.29, 0.717) is 18.0 Å². The molecule has 0 radical (unpaired) electrons. The molecule has 19 heavy (non-hydrogen) atoms. The molecule has 0 fully saturated rings. The highest BCUT2D eigenvalue weighted by molar-refractivity contribution is 7.92. The van der Waals surface area contributed by atoms with Crippen LogP contribution >= 0.6 is 0 Å². The normalized spacial score (nSPS) is 11.4. The molecule has 0 aromatic carbocycles. The first-order valence-electron chi connectivity index (χ1n) is 5.84. The maximum absolute atomic E-state index is 12.0. The van der Waals surface area contributed by atoms with Crippen LogP contribution < -0.4 is 10.0 Å². The van der Waals surface area contributed by atoms with E-state index in [0.717, 1.165) is 6.54 Å². The molecule has 6 nitrogen and oxygen atoms in total. The number of sulfonamides is 1. The molecule has 0 aliphatic rings. The Hall–Kier alpha value is -1.86. The van der Waals surface area contributed by atoms with Gasteiger partial charge in [-0.1, -0.05) is 6.92 Å². The molecule has 0 aliphatic carbocycles. The van der Waals surface area contributed by atoms with Crippen molar-refractivity contribution in [3.8, 4) is 0 Å². The van der Waals surface area contributed by atoms with Crippen LogP contribution in [0.1, 0.15) is 12.7 Å². The molecule has 2 aromatic rings. The standard InChI is InChI=1S/C12H15N3O3S/c1-2-13-9-11-5-6-12(18-11)19(16,17)15-10-4-3-7-14-8-10/h3-8,13,15H,2,9H2,1H3. The molecule has 2 rings (SSSR count). The number of hydrogen-bond donors (Lipinski definition) is 2. The molecule has 0 atom stereocenters. The maximum Gasteiger partial charge on any atom is 0.295 e. The van der Waals surface area contributed by atoms with Crippen LogP contribution in [0.4, 0.5) is 5.69 Å². The topological polar surface area (TPSA) is 84.2 Å². The first-order valence-corrected chi connectivity index (χ1v) is 7.32. The first-order chi connectivity index (χ1) is 9.12. The maximum atomic E-state index is 12.0. The number of hydrogen-bond acceptors (Lipinski definition) is 5. The molecular weight excluding hydrogens is 266 g/mol. The zero-order chi connectivity index (χ0) is 13.7. The molecule has 0 spiro atoms. The van der Waals surface area contributed by atoms with E-state index in [1.165, 1.54) is 12.3 Å². The third-order valence-corrected chi connectivity index (χ3v) is 3.62. The van der Waals surface area contributed by atoms with Crippen LogP contribution in [-0.2, 0) is 16.6 Å². The molecule has 0 amide bonds. The SMILES string of the molecule is CCNCc1ccc(S(=O)(=O)Nc2cccnc2)o1. The van der Waals surface area contributed by atoms with Gasteiger partial charge in [0, 0.05) is 6.20 Å². The van der Waals surface area contributed by atoms with Crippen LogP contribution in [0.3, 0.4) is 0 Å². The van der Waals surface area contributed by atoms with Gasteiger partial charge in [-0.3, -0.25) is 9.71 Å². The van der Waals surface area contributed by atoms with Gasteiger partial charge in [0.2, 0.25) is 5.09 Å². The van der Waals surface area contributed by atoms with Gasteiger partial charge in [0.25, 0.3) is 10.0 Å². The highest BCUT2D eigenvalue weighted by atomic mass is 32.2. The van der Waals surface area contributed by atoms with E-state index in [9.17, 15) is 8.42 Å². The predicted octanol–water partition coefficient (Wildman–Crippen LogP) is 1.58. The summed E-state index contributed by atoms with van der Waals surface area (Å²) in [7, 11) is -3.70. The van der Waals surface area contributed by atoms with Crippen molar-refractivity contribution in [3.63, 3.8) is 0 Å². The van der Waals surface area contributed by atoms with Crippen molar-refractivity contribution in [2.24, 2.45) is 0 Å². The van der Waals surface area contributed by atoms with Crippen LogP contribution in [0.25, 0.3) is 0 Å². The summed E-state index contributed by atoms with van der Waals surface area (Å²) in [5, 5.41) is 2.95. The third kappa shape index (κ3) is 3.55. The fourth-order valence-corrected chi connectivity index (χ4v) is 2.47. The lowest BCUT2D eigenvalue weighted by molar-refractivity contribution is 0.405. The van der Waals surface area contributed by atoms with Crippen molar-refractivity contribution < 1.29 is 12.8 Å². The highest BCUT2D eigenvalue weighted by Gasteiger charge is 2.18. The third-order valence-electron chi connectivity index (χ3n) is 2.36. The molecule has 0 unspecified atom stereocenters. The summed E-state index contributed by atoms with van der Waals surface area (Å²) in [6.45, 7) is 3.25. The summed E-state index contributed by atoms with van der Waals surface area (Å²) >= 11 is 0. The van der Waals surface area contributed by atoms with Gasteiger partial charge in [-0.05, 0) is 30.8 Å². The molecule has 0 saturated carbocycles. The second kappa shape index (κ2) is 5.85. The molecule has 0 saturated heterocycles. The summed E-state index contributed by atoms with van der Waals surface area (Å²) in [5.74, 6) is 0.577. The lowest BCUT2D eigenvalue weighted by Crippen LogP contribution is -2.13. The van der Waals surface area contributed by atoms with Crippen LogP contribution in [0, 0.1) is 0 Å². The van der Waals surface area contributed by atoms with Crippen molar-refractivity contribution in [2.75, 3.05) is 11.3 Å². The number of anilines is 1. The minimum atomic E-state index is -3.70. The molecule has 2 heterocycles. The molecule has 7 heteroatoms. The van der Waals surface area contributed by atoms with E-state index in [-0.39, 0.29) is 5.09 Å². The van der Waals surface area contributed by atoms with Gasteiger partial charge >= 0.3 is 0 Å². The largest absolute Gasteiger partial charge is 0.446 e. The second-order valence-corrected chi connectivity index (χ2v) is 5.46. The van der Waals surface area contributed by atoms with E-state index in [4.69, 9.17) is 4.42 Å². The Labute approximate surface area is 111 Å². The van der Waals surface area contributed by atoms with E-state index in [1.54, 1.807) is 24.4 Å². The molecule has 0 bridgehead atoms. The van der Waals surface area contributed by atoms with Crippen molar-refractivity contribution in [3.05, 3.63) is 42.4 Å². The zero-order valence-electron chi connectivity index (χ0n) is 10.5. The van der Waals surface area contributed by atoms with E-state index in [2.05, 4.69) is 15.0 Å². The Balaban J connectivity index is 2.13. The Morgan fingerprint density at radius 2 is 2.16 bits per heavy atom. The quantitative estimate of drug-likeness (QED) is 0.840. The van der Waals surface area contributed by atoms with Crippen molar-refractivity contribution >= 4 is 15.7 Å². The smallest absolute Gasteiger partial charge is 0.295 e. The van der Waals surface area contributed by atoms with Crippen LogP contribution in [0.5, 0.6) is 0 Å². The molecular formula is C12H15N3O3S. The van der Waals surface area contributed by atoms with E-state index < -0.39 is 10.0 Å². The molecule has 2 aromatic heterocycles. The average molecular weight is 281 g/mol. The fraction of sp³-hybridized carbons (Fsp3) is 0.250. The van der Waals surface area contributed by atoms with Crippen molar-refractivity contribution in [1.29, 1.82) is 0 Å².